The quantitative estimate of drug-likeness (QED) is 0.921. The average Bonchev–Trinajstić information content (AvgIpc) is 2.41. The van der Waals surface area contributed by atoms with Gasteiger partial charge < -0.3 is 9.84 Å². The van der Waals surface area contributed by atoms with Crippen LogP contribution in [-0.2, 0) is 0 Å². The van der Waals surface area contributed by atoms with Crippen molar-refractivity contribution in [2.75, 3.05) is 7.11 Å². The summed E-state index contributed by atoms with van der Waals surface area (Å²) in [6.07, 6.45) is 0. The molecule has 0 radical (unpaired) electrons. The molecule has 0 aromatic heterocycles. The van der Waals surface area contributed by atoms with Crippen molar-refractivity contribution in [3.8, 4) is 16.9 Å². The molecule has 1 N–H and O–H groups in total. The maximum absolute atomic E-state index is 11.0. The van der Waals surface area contributed by atoms with E-state index in [1.165, 1.54) is 0 Å². The van der Waals surface area contributed by atoms with E-state index >= 15 is 0 Å². The molecular weight excluding hydrogens is 264 g/mol. The van der Waals surface area contributed by atoms with E-state index in [0.29, 0.717) is 10.8 Å². The second-order valence-electron chi connectivity index (χ2n) is 4.19. The Bertz CT molecular complexity index is 635. The lowest BCUT2D eigenvalue weighted by molar-refractivity contribution is 0.0697. The fraction of sp³-hybridized carbons (Fsp3) is 0.133. The normalized spacial score (nSPS) is 10.3. The fourth-order valence-corrected chi connectivity index (χ4v) is 2.03. The van der Waals surface area contributed by atoms with Gasteiger partial charge in [0.1, 0.15) is 5.75 Å². The minimum atomic E-state index is -0.952. The standard InChI is InChI=1S/C15H13ClO3/c1-9-6-12(14(19-2)8-13(9)16)10-4-3-5-11(7-10)15(17)18/h3-8H,1-2H3,(H,17,18). The monoisotopic (exact) mass is 276 g/mol. The third-order valence-corrected chi connectivity index (χ3v) is 3.31. The first-order valence-electron chi connectivity index (χ1n) is 5.71. The van der Waals surface area contributed by atoms with Gasteiger partial charge in [0.15, 0.2) is 0 Å². The van der Waals surface area contributed by atoms with E-state index in [-0.39, 0.29) is 5.56 Å². The molecule has 98 valence electrons. The molecule has 0 aliphatic rings. The van der Waals surface area contributed by atoms with Crippen LogP contribution in [0.2, 0.25) is 5.02 Å². The number of hydrogen-bond donors (Lipinski definition) is 1. The number of aromatic carboxylic acids is 1. The van der Waals surface area contributed by atoms with Crippen LogP contribution < -0.4 is 4.74 Å². The molecule has 19 heavy (non-hydrogen) atoms. The van der Waals surface area contributed by atoms with Gasteiger partial charge in [-0.2, -0.15) is 0 Å². The van der Waals surface area contributed by atoms with Crippen molar-refractivity contribution in [2.24, 2.45) is 0 Å². The van der Waals surface area contributed by atoms with Gasteiger partial charge in [0.2, 0.25) is 0 Å². The summed E-state index contributed by atoms with van der Waals surface area (Å²) in [5.41, 5.74) is 2.77. The molecule has 2 aromatic carbocycles. The lowest BCUT2D eigenvalue weighted by Gasteiger charge is -2.11. The van der Waals surface area contributed by atoms with Crippen molar-refractivity contribution < 1.29 is 14.6 Å². The fourth-order valence-electron chi connectivity index (χ4n) is 1.88. The van der Waals surface area contributed by atoms with Gasteiger partial charge in [0.05, 0.1) is 12.7 Å². The Kier molecular flexibility index (Phi) is 3.76. The zero-order chi connectivity index (χ0) is 14.0. The Labute approximate surface area is 116 Å². The number of carboxylic acids is 1. The number of methoxy groups -OCH3 is 1. The highest BCUT2D eigenvalue weighted by Crippen LogP contribution is 2.34. The van der Waals surface area contributed by atoms with Crippen molar-refractivity contribution in [1.82, 2.24) is 0 Å². The maximum atomic E-state index is 11.0. The number of benzene rings is 2. The Balaban J connectivity index is 2.61. The van der Waals surface area contributed by atoms with E-state index < -0.39 is 5.97 Å². The van der Waals surface area contributed by atoms with Crippen molar-refractivity contribution in [3.63, 3.8) is 0 Å². The highest BCUT2D eigenvalue weighted by Gasteiger charge is 2.11. The van der Waals surface area contributed by atoms with Crippen LogP contribution in [0.3, 0.4) is 0 Å². The summed E-state index contributed by atoms with van der Waals surface area (Å²) in [6.45, 7) is 1.90. The molecule has 0 bridgehead atoms. The second kappa shape index (κ2) is 5.33. The molecule has 3 nitrogen and oxygen atoms in total. The SMILES string of the molecule is COc1cc(Cl)c(C)cc1-c1cccc(C(=O)O)c1. The Morgan fingerprint density at radius 1 is 1.26 bits per heavy atom. The first kappa shape index (κ1) is 13.4. The summed E-state index contributed by atoms with van der Waals surface area (Å²) >= 11 is 6.06. The summed E-state index contributed by atoms with van der Waals surface area (Å²) in [5.74, 6) is -0.329. The average molecular weight is 277 g/mol. The molecule has 0 amide bonds. The van der Waals surface area contributed by atoms with E-state index in [0.717, 1.165) is 16.7 Å². The number of carboxylic acid groups (broad SMARTS) is 1. The number of aryl methyl sites for hydroxylation is 1. The largest absolute Gasteiger partial charge is 0.496 e. The van der Waals surface area contributed by atoms with Crippen LogP contribution in [0.25, 0.3) is 11.1 Å². The number of carbonyl (C=O) groups is 1. The predicted octanol–water partition coefficient (Wildman–Crippen LogP) is 4.02. The van der Waals surface area contributed by atoms with Gasteiger partial charge in [0.25, 0.3) is 0 Å². The molecule has 0 unspecified atom stereocenters. The lowest BCUT2D eigenvalue weighted by atomic mass is 10.0. The summed E-state index contributed by atoms with van der Waals surface area (Å²) in [7, 11) is 1.56. The third kappa shape index (κ3) is 2.71. The molecule has 0 aliphatic heterocycles. The molecule has 2 rings (SSSR count). The van der Waals surface area contributed by atoms with Crippen LogP contribution in [0.5, 0.6) is 5.75 Å². The van der Waals surface area contributed by atoms with Gasteiger partial charge >= 0.3 is 5.97 Å². The molecule has 0 aliphatic carbocycles. The first-order valence-corrected chi connectivity index (χ1v) is 6.08. The van der Waals surface area contributed by atoms with Crippen molar-refractivity contribution in [3.05, 3.63) is 52.5 Å². The molecule has 2 aromatic rings. The van der Waals surface area contributed by atoms with Crippen LogP contribution in [0.15, 0.2) is 36.4 Å². The van der Waals surface area contributed by atoms with Crippen LogP contribution in [0, 0.1) is 6.92 Å². The Morgan fingerprint density at radius 2 is 2.00 bits per heavy atom. The summed E-state index contributed by atoms with van der Waals surface area (Å²) < 4.78 is 5.30. The number of ether oxygens (including phenoxy) is 1. The van der Waals surface area contributed by atoms with E-state index in [1.807, 2.05) is 19.1 Å². The smallest absolute Gasteiger partial charge is 0.335 e. The second-order valence-corrected chi connectivity index (χ2v) is 4.59. The molecule has 0 saturated carbocycles. The van der Waals surface area contributed by atoms with Gasteiger partial charge in [-0.05, 0) is 42.3 Å². The van der Waals surface area contributed by atoms with E-state index in [9.17, 15) is 4.79 Å². The zero-order valence-corrected chi connectivity index (χ0v) is 11.4. The molecule has 0 atom stereocenters. The maximum Gasteiger partial charge on any atom is 0.335 e. The Hall–Kier alpha value is -2.00. The first-order chi connectivity index (χ1) is 9.02. The van der Waals surface area contributed by atoms with Gasteiger partial charge in [-0.25, -0.2) is 4.79 Å². The molecule has 4 heteroatoms. The van der Waals surface area contributed by atoms with Crippen molar-refractivity contribution in [2.45, 2.75) is 6.92 Å². The minimum Gasteiger partial charge on any atom is -0.496 e. The van der Waals surface area contributed by atoms with Crippen molar-refractivity contribution in [1.29, 1.82) is 0 Å². The van der Waals surface area contributed by atoms with E-state index in [1.54, 1.807) is 31.4 Å². The number of rotatable bonds is 3. The summed E-state index contributed by atoms with van der Waals surface area (Å²) in [5, 5.41) is 9.65. The van der Waals surface area contributed by atoms with E-state index in [2.05, 4.69) is 0 Å². The predicted molar refractivity (Wildman–Crippen MR) is 75.1 cm³/mol. The zero-order valence-electron chi connectivity index (χ0n) is 10.6. The van der Waals surface area contributed by atoms with Crippen LogP contribution in [-0.4, -0.2) is 18.2 Å². The minimum absolute atomic E-state index is 0.243. The highest BCUT2D eigenvalue weighted by molar-refractivity contribution is 6.31. The molecular formula is C15H13ClO3. The highest BCUT2D eigenvalue weighted by atomic mass is 35.5. The molecule has 0 saturated heterocycles. The van der Waals surface area contributed by atoms with Crippen molar-refractivity contribution >= 4 is 17.6 Å². The Morgan fingerprint density at radius 3 is 2.63 bits per heavy atom. The third-order valence-electron chi connectivity index (χ3n) is 2.90. The molecule has 0 heterocycles. The van der Waals surface area contributed by atoms with Gasteiger partial charge in [-0.3, -0.25) is 0 Å². The number of halogens is 1. The summed E-state index contributed by atoms with van der Waals surface area (Å²) in [6, 6.07) is 10.4. The molecule has 0 spiro atoms. The van der Waals surface area contributed by atoms with E-state index in [4.69, 9.17) is 21.4 Å². The summed E-state index contributed by atoms with van der Waals surface area (Å²) in [4.78, 5) is 11.0. The topological polar surface area (TPSA) is 46.5 Å². The van der Waals surface area contributed by atoms with Crippen LogP contribution >= 0.6 is 11.6 Å². The van der Waals surface area contributed by atoms with Gasteiger partial charge in [0, 0.05) is 10.6 Å². The number of hydrogen-bond acceptors (Lipinski definition) is 2. The van der Waals surface area contributed by atoms with Crippen LogP contribution in [0.4, 0.5) is 0 Å². The van der Waals surface area contributed by atoms with Gasteiger partial charge in [-0.1, -0.05) is 23.7 Å². The molecule has 0 fully saturated rings. The lowest BCUT2D eigenvalue weighted by Crippen LogP contribution is -1.96. The van der Waals surface area contributed by atoms with Gasteiger partial charge in [-0.15, -0.1) is 0 Å². The van der Waals surface area contributed by atoms with Crippen LogP contribution in [0.1, 0.15) is 15.9 Å².